The summed E-state index contributed by atoms with van der Waals surface area (Å²) in [7, 11) is 0. The summed E-state index contributed by atoms with van der Waals surface area (Å²) in [5.74, 6) is -2.74. The molecule has 8 nitrogen and oxygen atoms in total. The fourth-order valence-corrected chi connectivity index (χ4v) is 1.22. The van der Waals surface area contributed by atoms with Crippen molar-refractivity contribution in [2.45, 2.75) is 6.92 Å². The molecular formula is C11H12FN3O5. The van der Waals surface area contributed by atoms with Crippen LogP contribution in [0.2, 0.25) is 0 Å². The lowest BCUT2D eigenvalue weighted by atomic mass is 10.2. The number of nitro benzene ring substituents is 1. The Morgan fingerprint density at radius 2 is 2.15 bits per heavy atom. The van der Waals surface area contributed by atoms with Crippen molar-refractivity contribution in [3.8, 4) is 0 Å². The molecule has 0 aliphatic carbocycles. The van der Waals surface area contributed by atoms with Gasteiger partial charge in [-0.3, -0.25) is 14.9 Å². The highest BCUT2D eigenvalue weighted by atomic mass is 19.1. The molecule has 0 spiro atoms. The summed E-state index contributed by atoms with van der Waals surface area (Å²) in [5, 5.41) is 23.4. The van der Waals surface area contributed by atoms with Crippen LogP contribution in [0.5, 0.6) is 0 Å². The number of non-ortho nitro benzene ring substituents is 1. The van der Waals surface area contributed by atoms with Gasteiger partial charge in [-0.05, 0) is 6.07 Å². The lowest BCUT2D eigenvalue weighted by Crippen LogP contribution is -2.34. The van der Waals surface area contributed by atoms with Gasteiger partial charge in [0.25, 0.3) is 5.69 Å². The molecule has 0 aliphatic heterocycles. The maximum absolute atomic E-state index is 13.4. The van der Waals surface area contributed by atoms with E-state index in [-0.39, 0.29) is 17.9 Å². The molecule has 1 aromatic carbocycles. The number of hydrogen-bond donors (Lipinski definition) is 3. The third kappa shape index (κ3) is 4.19. The zero-order chi connectivity index (χ0) is 15.3. The van der Waals surface area contributed by atoms with Crippen LogP contribution in [0.4, 0.5) is 20.6 Å². The summed E-state index contributed by atoms with van der Waals surface area (Å²) in [5.41, 5.74) is -0.736. The summed E-state index contributed by atoms with van der Waals surface area (Å²) in [4.78, 5) is 31.8. The van der Waals surface area contributed by atoms with E-state index in [0.29, 0.717) is 0 Å². The van der Waals surface area contributed by atoms with Crippen molar-refractivity contribution >= 4 is 23.4 Å². The molecule has 0 saturated carbocycles. The summed E-state index contributed by atoms with van der Waals surface area (Å²) in [6.45, 7) is 1.23. The van der Waals surface area contributed by atoms with Gasteiger partial charge in [-0.25, -0.2) is 9.18 Å². The number of carbonyl (C=O) groups excluding carboxylic acids is 1. The van der Waals surface area contributed by atoms with Crippen LogP contribution in [0.3, 0.4) is 0 Å². The van der Waals surface area contributed by atoms with E-state index in [0.717, 1.165) is 18.2 Å². The van der Waals surface area contributed by atoms with E-state index in [1.165, 1.54) is 6.92 Å². The third-order valence-electron chi connectivity index (χ3n) is 2.40. The minimum absolute atomic E-state index is 0.155. The van der Waals surface area contributed by atoms with Crippen molar-refractivity contribution in [2.75, 3.05) is 11.9 Å². The Balaban J connectivity index is 2.68. The third-order valence-corrected chi connectivity index (χ3v) is 2.40. The number of benzene rings is 1. The normalized spacial score (nSPS) is 11.5. The second-order valence-electron chi connectivity index (χ2n) is 4.00. The zero-order valence-electron chi connectivity index (χ0n) is 10.4. The molecule has 1 unspecified atom stereocenters. The summed E-state index contributed by atoms with van der Waals surface area (Å²) >= 11 is 0. The first-order chi connectivity index (χ1) is 9.31. The fraction of sp³-hybridized carbons (Fsp3) is 0.273. The Hall–Kier alpha value is -2.71. The fourth-order valence-electron chi connectivity index (χ4n) is 1.22. The highest BCUT2D eigenvalue weighted by Crippen LogP contribution is 2.20. The van der Waals surface area contributed by atoms with Crippen LogP contribution < -0.4 is 10.6 Å². The van der Waals surface area contributed by atoms with Gasteiger partial charge in [0.15, 0.2) is 0 Å². The van der Waals surface area contributed by atoms with Crippen molar-refractivity contribution in [1.82, 2.24) is 5.32 Å². The van der Waals surface area contributed by atoms with E-state index in [1.807, 2.05) is 0 Å². The number of halogens is 1. The molecule has 9 heteroatoms. The first kappa shape index (κ1) is 15.3. The molecule has 108 valence electrons. The van der Waals surface area contributed by atoms with Gasteiger partial charge < -0.3 is 15.7 Å². The number of anilines is 1. The topological polar surface area (TPSA) is 122 Å². The average Bonchev–Trinajstić information content (AvgIpc) is 2.38. The van der Waals surface area contributed by atoms with Crippen LogP contribution in [-0.2, 0) is 4.79 Å². The number of urea groups is 1. The number of carboxylic acid groups (broad SMARTS) is 1. The van der Waals surface area contributed by atoms with Crippen molar-refractivity contribution in [2.24, 2.45) is 5.92 Å². The first-order valence-electron chi connectivity index (χ1n) is 5.53. The number of nitrogens with one attached hydrogen (secondary N) is 2. The van der Waals surface area contributed by atoms with Crippen molar-refractivity contribution in [3.05, 3.63) is 34.1 Å². The van der Waals surface area contributed by atoms with E-state index < -0.39 is 28.7 Å². The van der Waals surface area contributed by atoms with Gasteiger partial charge in [-0.1, -0.05) is 6.92 Å². The van der Waals surface area contributed by atoms with Crippen LogP contribution >= 0.6 is 0 Å². The van der Waals surface area contributed by atoms with Gasteiger partial charge in [-0.2, -0.15) is 0 Å². The lowest BCUT2D eigenvalue weighted by molar-refractivity contribution is -0.384. The molecule has 20 heavy (non-hydrogen) atoms. The molecule has 0 saturated heterocycles. The van der Waals surface area contributed by atoms with E-state index in [9.17, 15) is 24.1 Å². The Morgan fingerprint density at radius 1 is 1.50 bits per heavy atom. The number of amides is 2. The van der Waals surface area contributed by atoms with Gasteiger partial charge in [0, 0.05) is 18.7 Å². The largest absolute Gasteiger partial charge is 0.481 e. The maximum atomic E-state index is 13.4. The molecule has 0 bridgehead atoms. The quantitative estimate of drug-likeness (QED) is 0.560. The van der Waals surface area contributed by atoms with Gasteiger partial charge in [0.05, 0.1) is 16.5 Å². The van der Waals surface area contributed by atoms with Crippen LogP contribution in [0, 0.1) is 21.8 Å². The summed E-state index contributed by atoms with van der Waals surface area (Å²) in [6, 6.07) is 1.84. The van der Waals surface area contributed by atoms with Crippen LogP contribution in [0.15, 0.2) is 18.2 Å². The second kappa shape index (κ2) is 6.45. The number of nitro groups is 1. The van der Waals surface area contributed by atoms with Gasteiger partial charge in [-0.15, -0.1) is 0 Å². The highest BCUT2D eigenvalue weighted by molar-refractivity contribution is 5.90. The molecule has 2 amide bonds. The molecule has 0 heterocycles. The zero-order valence-corrected chi connectivity index (χ0v) is 10.4. The highest BCUT2D eigenvalue weighted by Gasteiger charge is 2.15. The second-order valence-corrected chi connectivity index (χ2v) is 4.00. The summed E-state index contributed by atoms with van der Waals surface area (Å²) in [6.07, 6.45) is 0. The van der Waals surface area contributed by atoms with Gasteiger partial charge >= 0.3 is 12.0 Å². The average molecular weight is 285 g/mol. The molecule has 0 aromatic heterocycles. The van der Waals surface area contributed by atoms with E-state index in [2.05, 4.69) is 10.6 Å². The minimum Gasteiger partial charge on any atom is -0.481 e. The Labute approximate surface area is 112 Å². The standard InChI is InChI=1S/C11H12FN3O5/c1-6(10(16)17)5-13-11(18)14-9-4-7(15(19)20)2-3-8(9)12/h2-4,6H,5H2,1H3,(H,16,17)(H2,13,14,18). The van der Waals surface area contributed by atoms with Gasteiger partial charge in [0.1, 0.15) is 5.82 Å². The molecule has 3 N–H and O–H groups in total. The number of carbonyl (C=O) groups is 2. The number of carboxylic acids is 1. The molecule has 1 aromatic rings. The lowest BCUT2D eigenvalue weighted by Gasteiger charge is -2.10. The van der Waals surface area contributed by atoms with Crippen LogP contribution in [0.25, 0.3) is 0 Å². The van der Waals surface area contributed by atoms with Crippen LogP contribution in [-0.4, -0.2) is 28.6 Å². The molecule has 0 fully saturated rings. The molecule has 1 rings (SSSR count). The smallest absolute Gasteiger partial charge is 0.319 e. The monoisotopic (exact) mass is 285 g/mol. The van der Waals surface area contributed by atoms with Crippen molar-refractivity contribution in [3.63, 3.8) is 0 Å². The number of rotatable bonds is 5. The molecule has 0 radical (unpaired) electrons. The van der Waals surface area contributed by atoms with Crippen molar-refractivity contribution < 1.29 is 24.0 Å². The Kier molecular flexibility index (Phi) is 4.95. The predicted octanol–water partition coefficient (Wildman–Crippen LogP) is 1.58. The van der Waals surface area contributed by atoms with E-state index >= 15 is 0 Å². The van der Waals surface area contributed by atoms with Gasteiger partial charge in [0.2, 0.25) is 0 Å². The minimum atomic E-state index is -1.09. The molecule has 0 aliphatic rings. The summed E-state index contributed by atoms with van der Waals surface area (Å²) < 4.78 is 13.4. The molecular weight excluding hydrogens is 273 g/mol. The Morgan fingerprint density at radius 3 is 2.70 bits per heavy atom. The number of aliphatic carboxylic acids is 1. The Bertz CT molecular complexity index is 549. The SMILES string of the molecule is CC(CNC(=O)Nc1cc([N+](=O)[O-])ccc1F)C(=O)O. The van der Waals surface area contributed by atoms with Crippen molar-refractivity contribution in [1.29, 1.82) is 0 Å². The van der Waals surface area contributed by atoms with Crippen LogP contribution in [0.1, 0.15) is 6.92 Å². The van der Waals surface area contributed by atoms with E-state index in [1.54, 1.807) is 0 Å². The van der Waals surface area contributed by atoms with E-state index in [4.69, 9.17) is 5.11 Å². The maximum Gasteiger partial charge on any atom is 0.319 e. The number of hydrogen-bond acceptors (Lipinski definition) is 4. The first-order valence-corrected chi connectivity index (χ1v) is 5.53. The number of nitrogens with zero attached hydrogens (tertiary/aromatic N) is 1. The molecule has 1 atom stereocenters. The predicted molar refractivity (Wildman–Crippen MR) is 66.9 cm³/mol.